The van der Waals surface area contributed by atoms with E-state index in [9.17, 15) is 4.79 Å². The molecule has 0 aliphatic carbocycles. The third-order valence-electron chi connectivity index (χ3n) is 2.98. The van der Waals surface area contributed by atoms with Gasteiger partial charge in [-0.15, -0.1) is 0 Å². The number of para-hydroxylation sites is 1. The summed E-state index contributed by atoms with van der Waals surface area (Å²) in [5.74, 6) is 0. The van der Waals surface area contributed by atoms with Crippen molar-refractivity contribution in [1.82, 2.24) is 0 Å². The first-order valence-electron chi connectivity index (χ1n) is 5.34. The van der Waals surface area contributed by atoms with Gasteiger partial charge in [0, 0.05) is 5.56 Å². The molecule has 0 bridgehead atoms. The fraction of sp³-hybridized carbons (Fsp3) is 0.417. The molecule has 1 fully saturated rings. The largest absolute Gasteiger partial charge is 0.444 e. The Bertz CT molecular complexity index is 440. The Hall–Kier alpha value is -1.55. The number of ether oxygens (including phenoxy) is 2. The van der Waals surface area contributed by atoms with E-state index in [2.05, 4.69) is 0 Å². The summed E-state index contributed by atoms with van der Waals surface area (Å²) in [6.07, 6.45) is -0.282. The summed E-state index contributed by atoms with van der Waals surface area (Å²) in [6.45, 7) is 3.63. The van der Waals surface area contributed by atoms with E-state index in [0.717, 1.165) is 11.3 Å². The summed E-state index contributed by atoms with van der Waals surface area (Å²) < 4.78 is 10.4. The maximum atomic E-state index is 11.7. The van der Waals surface area contributed by atoms with Crippen molar-refractivity contribution >= 4 is 11.8 Å². The number of epoxide rings is 1. The highest BCUT2D eigenvalue weighted by molar-refractivity contribution is 5.90. The number of hydrogen-bond donors (Lipinski definition) is 0. The monoisotopic (exact) mass is 219 g/mol. The lowest BCUT2D eigenvalue weighted by Gasteiger charge is -2.29. The zero-order chi connectivity index (χ0) is 11.2. The van der Waals surface area contributed by atoms with Crippen molar-refractivity contribution < 1.29 is 14.3 Å². The van der Waals surface area contributed by atoms with Crippen LogP contribution in [0.1, 0.15) is 12.5 Å². The molecule has 0 N–H and O–H groups in total. The van der Waals surface area contributed by atoms with Gasteiger partial charge in [-0.1, -0.05) is 18.2 Å². The minimum atomic E-state index is -0.282. The van der Waals surface area contributed by atoms with E-state index in [4.69, 9.17) is 9.47 Å². The molecule has 0 spiro atoms. The fourth-order valence-electron chi connectivity index (χ4n) is 1.91. The summed E-state index contributed by atoms with van der Waals surface area (Å²) in [5.41, 5.74) is 1.80. The van der Waals surface area contributed by atoms with Crippen LogP contribution in [0, 0.1) is 0 Å². The van der Waals surface area contributed by atoms with Crippen LogP contribution in [0.2, 0.25) is 0 Å². The molecular weight excluding hydrogens is 206 g/mol. The van der Waals surface area contributed by atoms with Gasteiger partial charge in [0.25, 0.3) is 0 Å². The zero-order valence-electron chi connectivity index (χ0n) is 9.10. The molecule has 1 amide bonds. The molecule has 16 heavy (non-hydrogen) atoms. The molecule has 4 heteroatoms. The molecule has 2 aliphatic rings. The van der Waals surface area contributed by atoms with Gasteiger partial charge in [0.1, 0.15) is 12.2 Å². The number of rotatable bonds is 2. The second kappa shape index (κ2) is 3.22. The molecule has 0 saturated carbocycles. The maximum absolute atomic E-state index is 11.7. The van der Waals surface area contributed by atoms with Gasteiger partial charge in [0.05, 0.1) is 18.8 Å². The Labute approximate surface area is 93.8 Å². The second-order valence-corrected chi connectivity index (χ2v) is 4.51. The van der Waals surface area contributed by atoms with E-state index in [-0.39, 0.29) is 11.7 Å². The van der Waals surface area contributed by atoms with Crippen LogP contribution in [0.3, 0.4) is 0 Å². The summed E-state index contributed by atoms with van der Waals surface area (Å²) in [7, 11) is 0. The van der Waals surface area contributed by atoms with E-state index >= 15 is 0 Å². The molecule has 1 aromatic carbocycles. The molecule has 2 aliphatic heterocycles. The number of nitrogens with zero attached hydrogens (tertiary/aromatic N) is 1. The average Bonchev–Trinajstić information content (AvgIpc) is 3.01. The standard InChI is InChI=1S/C12H13NO3/c1-12(8-16-12)7-13-10-5-3-2-4-9(10)6-15-11(13)14/h2-5H,6-8H2,1H3. The van der Waals surface area contributed by atoms with Crippen LogP contribution in [0.25, 0.3) is 0 Å². The molecule has 1 aromatic rings. The molecule has 1 atom stereocenters. The fourth-order valence-corrected chi connectivity index (χ4v) is 1.91. The van der Waals surface area contributed by atoms with Gasteiger partial charge in [0.2, 0.25) is 0 Å². The number of fused-ring (bicyclic) bond motifs is 1. The smallest absolute Gasteiger partial charge is 0.414 e. The third kappa shape index (κ3) is 1.55. The van der Waals surface area contributed by atoms with E-state index in [1.165, 1.54) is 0 Å². The third-order valence-corrected chi connectivity index (χ3v) is 2.98. The molecular formula is C12H13NO3. The molecule has 2 heterocycles. The molecule has 0 aromatic heterocycles. The van der Waals surface area contributed by atoms with Crippen LogP contribution in [-0.4, -0.2) is 24.8 Å². The highest BCUT2D eigenvalue weighted by Crippen LogP contribution is 2.33. The van der Waals surface area contributed by atoms with Crippen LogP contribution in [0.15, 0.2) is 24.3 Å². The Morgan fingerprint density at radius 2 is 2.19 bits per heavy atom. The van der Waals surface area contributed by atoms with Crippen LogP contribution in [0.4, 0.5) is 10.5 Å². The van der Waals surface area contributed by atoms with Gasteiger partial charge in [-0.2, -0.15) is 0 Å². The average molecular weight is 219 g/mol. The molecule has 4 nitrogen and oxygen atoms in total. The number of amides is 1. The van der Waals surface area contributed by atoms with E-state index in [1.807, 2.05) is 31.2 Å². The predicted molar refractivity (Wildman–Crippen MR) is 58.3 cm³/mol. The quantitative estimate of drug-likeness (QED) is 0.714. The van der Waals surface area contributed by atoms with Crippen LogP contribution < -0.4 is 4.90 Å². The van der Waals surface area contributed by atoms with Gasteiger partial charge < -0.3 is 9.47 Å². The van der Waals surface area contributed by atoms with Crippen molar-refractivity contribution in [2.45, 2.75) is 19.1 Å². The number of cyclic esters (lactones) is 1. The lowest BCUT2D eigenvalue weighted by Crippen LogP contribution is -2.41. The van der Waals surface area contributed by atoms with E-state index < -0.39 is 0 Å². The maximum Gasteiger partial charge on any atom is 0.414 e. The number of anilines is 1. The van der Waals surface area contributed by atoms with Crippen LogP contribution >= 0.6 is 0 Å². The Balaban J connectivity index is 1.93. The Morgan fingerprint density at radius 3 is 2.94 bits per heavy atom. The molecule has 1 unspecified atom stereocenters. The minimum absolute atomic E-state index is 0.191. The van der Waals surface area contributed by atoms with Gasteiger partial charge in [-0.05, 0) is 13.0 Å². The number of carbonyl (C=O) groups excluding carboxylic acids is 1. The van der Waals surface area contributed by atoms with Gasteiger partial charge >= 0.3 is 6.09 Å². The first-order valence-corrected chi connectivity index (χ1v) is 5.34. The number of carbonyl (C=O) groups is 1. The lowest BCUT2D eigenvalue weighted by molar-refractivity contribution is 0.139. The Kier molecular flexibility index (Phi) is 1.94. The van der Waals surface area contributed by atoms with Crippen molar-refractivity contribution in [1.29, 1.82) is 0 Å². The minimum Gasteiger partial charge on any atom is -0.444 e. The van der Waals surface area contributed by atoms with Crippen LogP contribution in [0.5, 0.6) is 0 Å². The summed E-state index contributed by atoms with van der Waals surface area (Å²) in [6, 6.07) is 7.80. The van der Waals surface area contributed by atoms with Crippen molar-refractivity contribution in [2.24, 2.45) is 0 Å². The molecule has 3 rings (SSSR count). The summed E-state index contributed by atoms with van der Waals surface area (Å²) in [4.78, 5) is 13.4. The van der Waals surface area contributed by atoms with Crippen LogP contribution in [-0.2, 0) is 16.1 Å². The van der Waals surface area contributed by atoms with E-state index in [1.54, 1.807) is 4.90 Å². The zero-order valence-corrected chi connectivity index (χ0v) is 9.10. The molecule has 84 valence electrons. The predicted octanol–water partition coefficient (Wildman–Crippen LogP) is 1.93. The van der Waals surface area contributed by atoms with E-state index in [0.29, 0.717) is 19.8 Å². The van der Waals surface area contributed by atoms with Gasteiger partial charge in [0.15, 0.2) is 0 Å². The number of hydrogen-bond acceptors (Lipinski definition) is 3. The first-order chi connectivity index (χ1) is 7.68. The summed E-state index contributed by atoms with van der Waals surface area (Å²) >= 11 is 0. The highest BCUT2D eigenvalue weighted by Gasteiger charge is 2.43. The van der Waals surface area contributed by atoms with Crippen molar-refractivity contribution in [2.75, 3.05) is 18.1 Å². The normalized spacial score (nSPS) is 27.3. The van der Waals surface area contributed by atoms with Crippen molar-refractivity contribution in [3.05, 3.63) is 29.8 Å². The molecule has 1 saturated heterocycles. The molecule has 0 radical (unpaired) electrons. The first kappa shape index (κ1) is 9.66. The van der Waals surface area contributed by atoms with Crippen molar-refractivity contribution in [3.63, 3.8) is 0 Å². The Morgan fingerprint density at radius 1 is 1.44 bits per heavy atom. The summed E-state index contributed by atoms with van der Waals surface area (Å²) in [5, 5.41) is 0. The highest BCUT2D eigenvalue weighted by atomic mass is 16.6. The van der Waals surface area contributed by atoms with Crippen molar-refractivity contribution in [3.8, 4) is 0 Å². The van der Waals surface area contributed by atoms with Gasteiger partial charge in [-0.3, -0.25) is 4.90 Å². The number of benzene rings is 1. The SMILES string of the molecule is CC1(CN2C(=O)OCc3ccccc32)CO1. The lowest BCUT2D eigenvalue weighted by atomic mass is 10.1. The van der Waals surface area contributed by atoms with Gasteiger partial charge in [-0.25, -0.2) is 4.79 Å². The topological polar surface area (TPSA) is 42.1 Å². The second-order valence-electron chi connectivity index (χ2n) is 4.51.